The van der Waals surface area contributed by atoms with Crippen LogP contribution in [0.2, 0.25) is 0 Å². The molecule has 0 spiro atoms. The first kappa shape index (κ1) is 23.1. The van der Waals surface area contributed by atoms with Crippen molar-refractivity contribution in [1.82, 2.24) is 0 Å². The molecule has 0 saturated heterocycles. The molecular formula is C6H14I2N2Pt. The molecule has 1 aliphatic rings. The molecule has 11 heavy (non-hydrogen) atoms. The minimum absolute atomic E-state index is 0. The number of nitrogens with two attached hydrogens (primary N) is 1. The van der Waals surface area contributed by atoms with Gasteiger partial charge in [0.1, 0.15) is 0 Å². The van der Waals surface area contributed by atoms with Crippen LogP contribution < -0.4 is 48.0 Å². The van der Waals surface area contributed by atoms with E-state index in [-0.39, 0.29) is 81.2 Å². The Kier molecular flexibility index (Phi) is 30.7. The topological polar surface area (TPSA) is 57.3 Å². The van der Waals surface area contributed by atoms with E-state index in [0.717, 1.165) is 12.8 Å². The van der Waals surface area contributed by atoms with Crippen molar-refractivity contribution in [3.63, 3.8) is 0 Å². The standard InChI is InChI=1S/C6H12N.2HI.H2N.Pt/c7-6-4-2-1-3-5-6;;;;/h6-7H,1-5H2;2*1H;1H2;/q-1;;;-1;+4/p-2. The van der Waals surface area contributed by atoms with Crippen molar-refractivity contribution in [2.45, 2.75) is 38.1 Å². The van der Waals surface area contributed by atoms with Crippen molar-refractivity contribution >= 4 is 0 Å². The molecule has 1 rings (SSSR count). The van der Waals surface area contributed by atoms with Gasteiger partial charge in [0, 0.05) is 0 Å². The Hall–Kier alpha value is 2.07. The Morgan fingerprint density at radius 3 is 1.45 bits per heavy atom. The summed E-state index contributed by atoms with van der Waals surface area (Å²) in [7, 11) is 0. The normalized spacial score (nSPS) is 16.1. The minimum Gasteiger partial charge on any atom is -1.00 e. The largest absolute Gasteiger partial charge is 4.00 e. The monoisotopic (exact) mass is 563 g/mol. The third-order valence-corrected chi connectivity index (χ3v) is 1.61. The Balaban J connectivity index is -0.0000000612. The number of hydrogen-bond donors (Lipinski definition) is 0. The van der Waals surface area contributed by atoms with Crippen molar-refractivity contribution in [2.24, 2.45) is 0 Å². The number of nitrogens with one attached hydrogen (secondary N) is 1. The molecule has 0 aromatic carbocycles. The van der Waals surface area contributed by atoms with Crippen LogP contribution >= 0.6 is 0 Å². The molecule has 0 aromatic heterocycles. The quantitative estimate of drug-likeness (QED) is 0.285. The molecule has 0 bridgehead atoms. The summed E-state index contributed by atoms with van der Waals surface area (Å²) >= 11 is 0. The summed E-state index contributed by atoms with van der Waals surface area (Å²) in [6.07, 6.45) is 6.28. The fourth-order valence-corrected chi connectivity index (χ4v) is 1.10. The van der Waals surface area contributed by atoms with Crippen LogP contribution in [0.15, 0.2) is 0 Å². The van der Waals surface area contributed by atoms with Gasteiger partial charge in [0.05, 0.1) is 0 Å². The first-order valence-corrected chi connectivity index (χ1v) is 3.11. The predicted octanol–water partition coefficient (Wildman–Crippen LogP) is -2.91. The Morgan fingerprint density at radius 2 is 1.27 bits per heavy atom. The maximum Gasteiger partial charge on any atom is 4.00 e. The van der Waals surface area contributed by atoms with Crippen LogP contribution in [0.4, 0.5) is 0 Å². The summed E-state index contributed by atoms with van der Waals surface area (Å²) in [5.41, 5.74) is 7.27. The summed E-state index contributed by atoms with van der Waals surface area (Å²) < 4.78 is 0. The maximum absolute atomic E-state index is 7.27. The van der Waals surface area contributed by atoms with Crippen molar-refractivity contribution < 1.29 is 69.0 Å². The van der Waals surface area contributed by atoms with E-state index >= 15 is 0 Å². The molecule has 1 saturated carbocycles. The maximum atomic E-state index is 7.27. The molecule has 1 fully saturated rings. The second kappa shape index (κ2) is 14.6. The Labute approximate surface area is 118 Å². The van der Waals surface area contributed by atoms with E-state index in [2.05, 4.69) is 0 Å². The molecule has 72 valence electrons. The molecule has 0 unspecified atom stereocenters. The van der Waals surface area contributed by atoms with Gasteiger partial charge in [-0.3, -0.25) is 0 Å². The van der Waals surface area contributed by atoms with Crippen LogP contribution in [0.1, 0.15) is 32.1 Å². The molecule has 2 nitrogen and oxygen atoms in total. The van der Waals surface area contributed by atoms with Gasteiger partial charge in [0.15, 0.2) is 0 Å². The van der Waals surface area contributed by atoms with Gasteiger partial charge in [0.25, 0.3) is 0 Å². The molecule has 0 radical (unpaired) electrons. The number of halogens is 2. The van der Waals surface area contributed by atoms with E-state index in [0.29, 0.717) is 0 Å². The van der Waals surface area contributed by atoms with Crippen LogP contribution in [0, 0.1) is 0 Å². The molecule has 0 aliphatic heterocycles. The Morgan fingerprint density at radius 1 is 0.909 bits per heavy atom. The van der Waals surface area contributed by atoms with Crippen LogP contribution in [0.25, 0.3) is 11.9 Å². The zero-order valence-electron chi connectivity index (χ0n) is 6.26. The van der Waals surface area contributed by atoms with E-state index in [4.69, 9.17) is 5.73 Å². The van der Waals surface area contributed by atoms with Crippen molar-refractivity contribution in [2.75, 3.05) is 0 Å². The number of rotatable bonds is 0. The van der Waals surface area contributed by atoms with Crippen molar-refractivity contribution in [3.05, 3.63) is 11.9 Å². The summed E-state index contributed by atoms with van der Waals surface area (Å²) in [5, 5.41) is 0. The molecule has 0 aromatic rings. The van der Waals surface area contributed by atoms with Gasteiger partial charge < -0.3 is 59.8 Å². The Bertz CT molecular complexity index is 60.5. The number of hydrogen-bond acceptors (Lipinski definition) is 0. The molecular weight excluding hydrogens is 549 g/mol. The molecule has 3 N–H and O–H groups in total. The van der Waals surface area contributed by atoms with Gasteiger partial charge in [-0.15, -0.1) is 6.04 Å². The van der Waals surface area contributed by atoms with E-state index < -0.39 is 0 Å². The second-order valence-corrected chi connectivity index (χ2v) is 2.33. The van der Waals surface area contributed by atoms with Gasteiger partial charge in [-0.25, -0.2) is 0 Å². The second-order valence-electron chi connectivity index (χ2n) is 2.33. The molecule has 0 heterocycles. The summed E-state index contributed by atoms with van der Waals surface area (Å²) in [6.45, 7) is 0. The van der Waals surface area contributed by atoms with Gasteiger partial charge in [0.2, 0.25) is 0 Å². The molecule has 1 aliphatic carbocycles. The fraction of sp³-hybridized carbons (Fsp3) is 1.00. The minimum atomic E-state index is 0. The van der Waals surface area contributed by atoms with Gasteiger partial charge in [-0.1, -0.05) is 32.1 Å². The molecule has 0 atom stereocenters. The van der Waals surface area contributed by atoms with Crippen molar-refractivity contribution in [3.8, 4) is 0 Å². The molecule has 0 amide bonds. The SMILES string of the molecule is [I-].[I-].[NH-]C1CCCCC1.[NH2-].[Pt+4]. The van der Waals surface area contributed by atoms with E-state index in [9.17, 15) is 0 Å². The first-order chi connectivity index (χ1) is 3.39. The third-order valence-electron chi connectivity index (χ3n) is 1.61. The first-order valence-electron chi connectivity index (χ1n) is 3.11. The van der Waals surface area contributed by atoms with Crippen molar-refractivity contribution in [1.29, 1.82) is 0 Å². The van der Waals surface area contributed by atoms with Gasteiger partial charge in [-0.2, -0.15) is 0 Å². The van der Waals surface area contributed by atoms with Crippen LogP contribution in [0.3, 0.4) is 0 Å². The zero-order valence-corrected chi connectivity index (χ0v) is 12.8. The summed E-state index contributed by atoms with van der Waals surface area (Å²) in [6, 6.07) is 0.286. The van der Waals surface area contributed by atoms with E-state index in [1.54, 1.807) is 0 Å². The van der Waals surface area contributed by atoms with Crippen LogP contribution in [-0.4, -0.2) is 6.04 Å². The summed E-state index contributed by atoms with van der Waals surface area (Å²) in [4.78, 5) is 0. The summed E-state index contributed by atoms with van der Waals surface area (Å²) in [5.74, 6) is 0. The van der Waals surface area contributed by atoms with Gasteiger partial charge >= 0.3 is 21.1 Å². The average molecular weight is 563 g/mol. The third kappa shape index (κ3) is 12.1. The predicted molar refractivity (Wildman–Crippen MR) is 36.5 cm³/mol. The van der Waals surface area contributed by atoms with Gasteiger partial charge in [-0.05, 0) is 0 Å². The zero-order chi connectivity index (χ0) is 5.11. The smallest absolute Gasteiger partial charge is 1.00 e. The molecule has 5 heteroatoms. The van der Waals surface area contributed by atoms with Crippen LogP contribution in [-0.2, 0) is 21.1 Å². The average Bonchev–Trinajstić information content (AvgIpc) is 1.69. The van der Waals surface area contributed by atoms with E-state index in [1.807, 2.05) is 0 Å². The van der Waals surface area contributed by atoms with E-state index in [1.165, 1.54) is 19.3 Å². The fourth-order valence-electron chi connectivity index (χ4n) is 1.10. The van der Waals surface area contributed by atoms with Crippen LogP contribution in [0.5, 0.6) is 0 Å².